The number of ether oxygens (including phenoxy) is 1. The Morgan fingerprint density at radius 1 is 1.33 bits per heavy atom. The number of hydrogen-bond acceptors (Lipinski definition) is 4. The highest BCUT2D eigenvalue weighted by Gasteiger charge is 2.36. The number of thiophene rings is 1. The smallest absolute Gasteiger partial charge is 0.328 e. The van der Waals surface area contributed by atoms with Crippen molar-refractivity contribution in [1.29, 1.82) is 0 Å². The minimum Gasteiger partial charge on any atom is -0.464 e. The molecule has 1 unspecified atom stereocenters. The number of carbonyl (C=O) groups is 2. The van der Waals surface area contributed by atoms with Crippen LogP contribution >= 0.6 is 11.3 Å². The van der Waals surface area contributed by atoms with Gasteiger partial charge in [-0.25, -0.2) is 4.79 Å². The predicted molar refractivity (Wildman–Crippen MR) is 81.7 cm³/mol. The highest BCUT2D eigenvalue weighted by molar-refractivity contribution is 7.14. The Bertz CT molecular complexity index is 528. The van der Waals surface area contributed by atoms with Crippen molar-refractivity contribution in [2.45, 2.75) is 51.5 Å². The van der Waals surface area contributed by atoms with Crippen LogP contribution in [0.2, 0.25) is 0 Å². The number of carbonyl (C=O) groups excluding carboxylic acids is 2. The van der Waals surface area contributed by atoms with Gasteiger partial charge in [0, 0.05) is 11.4 Å². The number of aryl methyl sites for hydroxylation is 2. The van der Waals surface area contributed by atoms with Crippen LogP contribution in [-0.2, 0) is 22.4 Å². The molecule has 1 aromatic heterocycles. The molecule has 2 heterocycles. The van der Waals surface area contributed by atoms with Crippen LogP contribution in [-0.4, -0.2) is 36.0 Å². The fourth-order valence-electron chi connectivity index (χ4n) is 3.23. The van der Waals surface area contributed by atoms with Gasteiger partial charge in [0.05, 0.1) is 11.5 Å². The predicted octanol–water partition coefficient (Wildman–Crippen LogP) is 2.79. The first-order chi connectivity index (χ1) is 10.2. The van der Waals surface area contributed by atoms with E-state index in [4.69, 9.17) is 4.74 Å². The first-order valence-corrected chi connectivity index (χ1v) is 8.61. The standard InChI is InChI=1S/C16H21NO3S/c1-2-20-16(19)12-7-5-9-17(12)15(18)14-10-11-6-3-4-8-13(11)21-14/h10,12H,2-9H2,1H3. The Labute approximate surface area is 129 Å². The Morgan fingerprint density at radius 3 is 2.90 bits per heavy atom. The molecule has 21 heavy (non-hydrogen) atoms. The number of hydrogen-bond donors (Lipinski definition) is 0. The quantitative estimate of drug-likeness (QED) is 0.807. The van der Waals surface area contributed by atoms with E-state index < -0.39 is 6.04 Å². The maximum atomic E-state index is 12.7. The van der Waals surface area contributed by atoms with Gasteiger partial charge in [0.15, 0.2) is 0 Å². The third kappa shape index (κ3) is 2.84. The lowest BCUT2D eigenvalue weighted by Crippen LogP contribution is -2.41. The molecule has 4 nitrogen and oxygen atoms in total. The van der Waals surface area contributed by atoms with Crippen LogP contribution in [0.3, 0.4) is 0 Å². The van der Waals surface area contributed by atoms with Gasteiger partial charge in [-0.3, -0.25) is 4.79 Å². The molecule has 1 amide bonds. The molecule has 0 N–H and O–H groups in total. The van der Waals surface area contributed by atoms with Crippen LogP contribution in [0.4, 0.5) is 0 Å². The second kappa shape index (κ2) is 6.18. The van der Waals surface area contributed by atoms with Crippen molar-refractivity contribution in [3.8, 4) is 0 Å². The number of rotatable bonds is 3. The van der Waals surface area contributed by atoms with Gasteiger partial charge in [0.1, 0.15) is 6.04 Å². The minimum atomic E-state index is -0.392. The highest BCUT2D eigenvalue weighted by atomic mass is 32.1. The van der Waals surface area contributed by atoms with Crippen LogP contribution in [0.25, 0.3) is 0 Å². The third-order valence-electron chi connectivity index (χ3n) is 4.28. The monoisotopic (exact) mass is 307 g/mol. The average Bonchev–Trinajstić information content (AvgIpc) is 3.13. The molecule has 5 heteroatoms. The molecule has 0 aromatic carbocycles. The van der Waals surface area contributed by atoms with Crippen molar-refractivity contribution in [1.82, 2.24) is 4.90 Å². The normalized spacial score (nSPS) is 21.2. The SMILES string of the molecule is CCOC(=O)C1CCCN1C(=O)c1cc2c(s1)CCCC2. The van der Waals surface area contributed by atoms with Crippen molar-refractivity contribution in [3.63, 3.8) is 0 Å². The number of nitrogens with zero attached hydrogens (tertiary/aromatic N) is 1. The molecule has 1 fully saturated rings. The summed E-state index contributed by atoms with van der Waals surface area (Å²) in [5.74, 6) is -0.255. The van der Waals surface area contributed by atoms with Crippen LogP contribution in [0.1, 0.15) is 52.7 Å². The molecule has 1 atom stereocenters. The van der Waals surface area contributed by atoms with Crippen LogP contribution in [0.5, 0.6) is 0 Å². The molecule has 1 aliphatic carbocycles. The van der Waals surface area contributed by atoms with E-state index in [2.05, 4.69) is 0 Å². The first-order valence-electron chi connectivity index (χ1n) is 7.80. The largest absolute Gasteiger partial charge is 0.464 e. The van der Waals surface area contributed by atoms with E-state index in [-0.39, 0.29) is 11.9 Å². The summed E-state index contributed by atoms with van der Waals surface area (Å²) in [4.78, 5) is 28.5. The van der Waals surface area contributed by atoms with E-state index in [1.807, 2.05) is 6.07 Å². The number of fused-ring (bicyclic) bond motifs is 1. The zero-order valence-corrected chi connectivity index (χ0v) is 13.2. The molecule has 0 spiro atoms. The molecule has 1 saturated heterocycles. The van der Waals surface area contributed by atoms with Gasteiger partial charge in [-0.1, -0.05) is 0 Å². The fraction of sp³-hybridized carbons (Fsp3) is 0.625. The Hall–Kier alpha value is -1.36. The van der Waals surface area contributed by atoms with Gasteiger partial charge in [0.2, 0.25) is 0 Å². The van der Waals surface area contributed by atoms with Gasteiger partial charge < -0.3 is 9.64 Å². The van der Waals surface area contributed by atoms with Crippen LogP contribution < -0.4 is 0 Å². The summed E-state index contributed by atoms with van der Waals surface area (Å²) in [6.07, 6.45) is 6.20. The molecule has 0 radical (unpaired) electrons. The lowest BCUT2D eigenvalue weighted by atomic mass is 9.99. The second-order valence-corrected chi connectivity index (χ2v) is 6.81. The Balaban J connectivity index is 1.77. The molecule has 0 saturated carbocycles. The van der Waals surface area contributed by atoms with Crippen molar-refractivity contribution in [2.75, 3.05) is 13.2 Å². The van der Waals surface area contributed by atoms with E-state index >= 15 is 0 Å². The molecule has 0 bridgehead atoms. The van der Waals surface area contributed by atoms with Crippen molar-refractivity contribution < 1.29 is 14.3 Å². The Morgan fingerprint density at radius 2 is 2.14 bits per heavy atom. The summed E-state index contributed by atoms with van der Waals surface area (Å²) in [5, 5.41) is 0. The molecule has 114 valence electrons. The van der Waals surface area contributed by atoms with Crippen molar-refractivity contribution in [2.24, 2.45) is 0 Å². The summed E-state index contributed by atoms with van der Waals surface area (Å²) >= 11 is 1.61. The topological polar surface area (TPSA) is 46.6 Å². The van der Waals surface area contributed by atoms with Crippen molar-refractivity contribution in [3.05, 3.63) is 21.4 Å². The summed E-state index contributed by atoms with van der Waals surface area (Å²) in [5.41, 5.74) is 1.33. The van der Waals surface area contributed by atoms with E-state index in [0.717, 1.165) is 30.6 Å². The van der Waals surface area contributed by atoms with Gasteiger partial charge >= 0.3 is 5.97 Å². The molecule has 3 rings (SSSR count). The number of likely N-dealkylation sites (tertiary alicyclic amines) is 1. The molecular weight excluding hydrogens is 286 g/mol. The lowest BCUT2D eigenvalue weighted by molar-refractivity contribution is -0.147. The zero-order chi connectivity index (χ0) is 14.8. The second-order valence-electron chi connectivity index (χ2n) is 5.67. The maximum Gasteiger partial charge on any atom is 0.328 e. The van der Waals surface area contributed by atoms with Gasteiger partial charge in [-0.15, -0.1) is 11.3 Å². The van der Waals surface area contributed by atoms with Gasteiger partial charge in [-0.05, 0) is 57.1 Å². The Kier molecular flexibility index (Phi) is 4.29. The van der Waals surface area contributed by atoms with E-state index in [9.17, 15) is 9.59 Å². The van der Waals surface area contributed by atoms with E-state index in [0.29, 0.717) is 13.2 Å². The number of esters is 1. The van der Waals surface area contributed by atoms with Gasteiger partial charge in [-0.2, -0.15) is 0 Å². The molecule has 1 aliphatic heterocycles. The van der Waals surface area contributed by atoms with Gasteiger partial charge in [0.25, 0.3) is 5.91 Å². The summed E-state index contributed by atoms with van der Waals surface area (Å²) < 4.78 is 5.09. The van der Waals surface area contributed by atoms with E-state index in [1.165, 1.54) is 23.3 Å². The summed E-state index contributed by atoms with van der Waals surface area (Å²) in [6.45, 7) is 2.82. The lowest BCUT2D eigenvalue weighted by Gasteiger charge is -2.22. The summed E-state index contributed by atoms with van der Waals surface area (Å²) in [7, 11) is 0. The third-order valence-corrected chi connectivity index (χ3v) is 5.50. The fourth-order valence-corrected chi connectivity index (χ4v) is 4.44. The van der Waals surface area contributed by atoms with Crippen molar-refractivity contribution >= 4 is 23.2 Å². The number of amides is 1. The average molecular weight is 307 g/mol. The van der Waals surface area contributed by atoms with Crippen LogP contribution in [0.15, 0.2) is 6.07 Å². The molecule has 2 aliphatic rings. The molecular formula is C16H21NO3S. The minimum absolute atomic E-state index is 0.00459. The summed E-state index contributed by atoms with van der Waals surface area (Å²) in [6, 6.07) is 1.65. The van der Waals surface area contributed by atoms with Crippen LogP contribution in [0, 0.1) is 0 Å². The maximum absolute atomic E-state index is 12.7. The molecule has 1 aromatic rings. The zero-order valence-electron chi connectivity index (χ0n) is 12.4. The first kappa shape index (κ1) is 14.6. The highest BCUT2D eigenvalue weighted by Crippen LogP contribution is 2.32. The van der Waals surface area contributed by atoms with E-state index in [1.54, 1.807) is 23.2 Å².